The molecule has 0 saturated carbocycles. The average molecular weight is 469 g/mol. The Morgan fingerprint density at radius 3 is 2.12 bits per heavy atom. The summed E-state index contributed by atoms with van der Waals surface area (Å²) < 4.78 is 91.2. The molecule has 3 aromatic carbocycles. The van der Waals surface area contributed by atoms with Crippen LogP contribution in [0.1, 0.15) is 11.1 Å². The van der Waals surface area contributed by atoms with Crippen LogP contribution in [0.3, 0.4) is 0 Å². The minimum Gasteiger partial charge on any atom is -0.493 e. The number of hydrogen-bond donors (Lipinski definition) is 0. The number of anilines is 1. The number of alkyl halides is 3. The molecule has 0 aromatic heterocycles. The first-order chi connectivity index (χ1) is 15.1. The van der Waals surface area contributed by atoms with Gasteiger partial charge in [0.15, 0.2) is 11.5 Å². The highest BCUT2D eigenvalue weighted by molar-refractivity contribution is 7.92. The fraction of sp³-hybridized carbons (Fsp3) is 0.182. The Balaban J connectivity index is 2.14. The molecule has 0 aliphatic rings. The second-order valence-electron chi connectivity index (χ2n) is 6.70. The molecule has 10 heteroatoms. The van der Waals surface area contributed by atoms with Gasteiger partial charge < -0.3 is 9.47 Å². The molecule has 0 saturated heterocycles. The summed E-state index contributed by atoms with van der Waals surface area (Å²) in [5, 5.41) is 0. The maximum absolute atomic E-state index is 13.5. The van der Waals surface area contributed by atoms with Crippen LogP contribution in [-0.2, 0) is 22.7 Å². The van der Waals surface area contributed by atoms with Gasteiger partial charge in [-0.1, -0.05) is 18.2 Å². The minimum absolute atomic E-state index is 0.138. The minimum atomic E-state index is -4.66. The van der Waals surface area contributed by atoms with Gasteiger partial charge in [0.1, 0.15) is 5.82 Å². The van der Waals surface area contributed by atoms with Gasteiger partial charge in [-0.25, -0.2) is 12.8 Å². The summed E-state index contributed by atoms with van der Waals surface area (Å²) in [6, 6.07) is 12.9. The van der Waals surface area contributed by atoms with E-state index in [0.29, 0.717) is 5.56 Å². The molecule has 5 nitrogen and oxygen atoms in total. The van der Waals surface area contributed by atoms with Crippen molar-refractivity contribution in [3.63, 3.8) is 0 Å². The third-order valence-electron chi connectivity index (χ3n) is 4.64. The van der Waals surface area contributed by atoms with E-state index in [9.17, 15) is 26.0 Å². The van der Waals surface area contributed by atoms with Crippen molar-refractivity contribution in [2.75, 3.05) is 18.5 Å². The largest absolute Gasteiger partial charge is 0.493 e. The van der Waals surface area contributed by atoms with Crippen molar-refractivity contribution < 1.29 is 35.5 Å². The van der Waals surface area contributed by atoms with Gasteiger partial charge in [-0.15, -0.1) is 0 Å². The molecule has 32 heavy (non-hydrogen) atoms. The standard InChI is InChI=1S/C22H19F4NO4S/c1-30-20-11-10-19(13-21(20)31-2)32(28,29)27(14-15-6-8-17(23)9-7-15)18-5-3-4-16(12-18)22(24,25)26/h3-13H,14H2,1-2H3. The molecule has 0 atom stereocenters. The number of rotatable bonds is 7. The summed E-state index contributed by atoms with van der Waals surface area (Å²) in [6.45, 7) is -0.321. The van der Waals surface area contributed by atoms with Gasteiger partial charge in [-0.2, -0.15) is 13.2 Å². The lowest BCUT2D eigenvalue weighted by Crippen LogP contribution is -2.31. The van der Waals surface area contributed by atoms with Crippen LogP contribution in [0.5, 0.6) is 11.5 Å². The fourth-order valence-electron chi connectivity index (χ4n) is 3.01. The molecule has 0 unspecified atom stereocenters. The van der Waals surface area contributed by atoms with Gasteiger partial charge in [0.05, 0.1) is 36.9 Å². The number of sulfonamides is 1. The summed E-state index contributed by atoms with van der Waals surface area (Å²) in [4.78, 5) is -0.213. The molecular weight excluding hydrogens is 450 g/mol. The van der Waals surface area contributed by atoms with E-state index in [-0.39, 0.29) is 28.6 Å². The van der Waals surface area contributed by atoms with Crippen molar-refractivity contribution in [2.45, 2.75) is 17.6 Å². The lowest BCUT2D eigenvalue weighted by Gasteiger charge is -2.26. The quantitative estimate of drug-likeness (QED) is 0.443. The van der Waals surface area contributed by atoms with E-state index in [2.05, 4.69) is 0 Å². The van der Waals surface area contributed by atoms with Crippen molar-refractivity contribution >= 4 is 15.7 Å². The first-order valence-electron chi connectivity index (χ1n) is 9.22. The van der Waals surface area contributed by atoms with E-state index in [1.54, 1.807) is 0 Å². The molecule has 0 heterocycles. The normalized spacial score (nSPS) is 11.8. The average Bonchev–Trinajstić information content (AvgIpc) is 2.77. The SMILES string of the molecule is COc1ccc(S(=O)(=O)N(Cc2ccc(F)cc2)c2cccc(C(F)(F)F)c2)cc1OC. The Kier molecular flexibility index (Phi) is 6.63. The van der Waals surface area contributed by atoms with Crippen LogP contribution in [0.2, 0.25) is 0 Å². The van der Waals surface area contributed by atoms with Crippen LogP contribution in [0, 0.1) is 5.82 Å². The van der Waals surface area contributed by atoms with Crippen LogP contribution >= 0.6 is 0 Å². The predicted octanol–water partition coefficient (Wildman–Crippen LogP) is 5.26. The summed E-state index contributed by atoms with van der Waals surface area (Å²) in [5.41, 5.74) is -0.812. The summed E-state index contributed by atoms with van der Waals surface area (Å²) >= 11 is 0. The Labute approximate surface area is 182 Å². The van der Waals surface area contributed by atoms with E-state index >= 15 is 0 Å². The molecule has 3 aromatic rings. The molecule has 0 aliphatic carbocycles. The third kappa shape index (κ3) is 4.96. The number of nitrogens with zero attached hydrogens (tertiary/aromatic N) is 1. The summed E-state index contributed by atoms with van der Waals surface area (Å²) in [7, 11) is -1.63. The highest BCUT2D eigenvalue weighted by Gasteiger charge is 2.33. The van der Waals surface area contributed by atoms with Crippen LogP contribution < -0.4 is 13.8 Å². The van der Waals surface area contributed by atoms with E-state index in [1.807, 2.05) is 0 Å². The second kappa shape index (κ2) is 9.07. The van der Waals surface area contributed by atoms with E-state index in [4.69, 9.17) is 9.47 Å². The zero-order valence-corrected chi connectivity index (χ0v) is 17.9. The van der Waals surface area contributed by atoms with Gasteiger partial charge >= 0.3 is 6.18 Å². The highest BCUT2D eigenvalue weighted by atomic mass is 32.2. The Hall–Kier alpha value is -3.27. The number of methoxy groups -OCH3 is 2. The zero-order valence-electron chi connectivity index (χ0n) is 17.1. The smallest absolute Gasteiger partial charge is 0.416 e. The molecule has 3 rings (SSSR count). The van der Waals surface area contributed by atoms with Crippen molar-refractivity contribution in [2.24, 2.45) is 0 Å². The van der Waals surface area contributed by atoms with Crippen molar-refractivity contribution in [1.82, 2.24) is 0 Å². The molecule has 0 radical (unpaired) electrons. The first-order valence-corrected chi connectivity index (χ1v) is 10.7. The van der Waals surface area contributed by atoms with Gasteiger partial charge in [-0.05, 0) is 48.0 Å². The molecule has 0 spiro atoms. The molecule has 0 bridgehead atoms. The fourth-order valence-corrected chi connectivity index (χ4v) is 4.47. The lowest BCUT2D eigenvalue weighted by atomic mass is 10.1. The predicted molar refractivity (Wildman–Crippen MR) is 111 cm³/mol. The van der Waals surface area contributed by atoms with Crippen LogP contribution in [0.25, 0.3) is 0 Å². The lowest BCUT2D eigenvalue weighted by molar-refractivity contribution is -0.137. The number of hydrogen-bond acceptors (Lipinski definition) is 4. The molecule has 0 N–H and O–H groups in total. The molecule has 0 amide bonds. The summed E-state index contributed by atoms with van der Waals surface area (Å²) in [5.74, 6) is -0.0999. The van der Waals surface area contributed by atoms with Gasteiger partial charge in [0, 0.05) is 6.07 Å². The van der Waals surface area contributed by atoms with E-state index in [0.717, 1.165) is 34.6 Å². The van der Waals surface area contributed by atoms with E-state index < -0.39 is 27.6 Å². The maximum atomic E-state index is 13.5. The monoisotopic (exact) mass is 469 g/mol. The van der Waals surface area contributed by atoms with Gasteiger partial charge in [0.25, 0.3) is 10.0 Å². The zero-order chi connectivity index (χ0) is 23.5. The Morgan fingerprint density at radius 2 is 1.53 bits per heavy atom. The third-order valence-corrected chi connectivity index (χ3v) is 6.41. The summed E-state index contributed by atoms with van der Waals surface area (Å²) in [6.07, 6.45) is -4.66. The first kappa shape index (κ1) is 23.4. The Morgan fingerprint density at radius 1 is 0.875 bits per heavy atom. The molecule has 0 fully saturated rings. The van der Waals surface area contributed by atoms with E-state index in [1.165, 1.54) is 50.6 Å². The van der Waals surface area contributed by atoms with Crippen LogP contribution in [0.15, 0.2) is 71.6 Å². The van der Waals surface area contributed by atoms with Crippen LogP contribution in [0.4, 0.5) is 23.2 Å². The van der Waals surface area contributed by atoms with Crippen LogP contribution in [-0.4, -0.2) is 22.6 Å². The second-order valence-corrected chi connectivity index (χ2v) is 8.57. The van der Waals surface area contributed by atoms with Gasteiger partial charge in [-0.3, -0.25) is 4.31 Å². The van der Waals surface area contributed by atoms with Gasteiger partial charge in [0.2, 0.25) is 0 Å². The highest BCUT2D eigenvalue weighted by Crippen LogP contribution is 2.36. The Bertz CT molecular complexity index is 1200. The number of halogens is 4. The van der Waals surface area contributed by atoms with Crippen molar-refractivity contribution in [3.05, 3.63) is 83.7 Å². The topological polar surface area (TPSA) is 55.8 Å². The maximum Gasteiger partial charge on any atom is 0.416 e. The molecule has 170 valence electrons. The number of ether oxygens (including phenoxy) is 2. The van der Waals surface area contributed by atoms with Crippen molar-refractivity contribution in [1.29, 1.82) is 0 Å². The molecule has 0 aliphatic heterocycles. The molecular formula is C22H19F4NO4S. The number of benzene rings is 3. The van der Waals surface area contributed by atoms with Crippen molar-refractivity contribution in [3.8, 4) is 11.5 Å².